The Morgan fingerprint density at radius 3 is 1.94 bits per heavy atom. The summed E-state index contributed by atoms with van der Waals surface area (Å²) in [4.78, 5) is 121. The van der Waals surface area contributed by atoms with Gasteiger partial charge in [-0.1, -0.05) is 66.8 Å². The molecule has 39 nitrogen and oxygen atoms in total. The third kappa shape index (κ3) is 20.6. The molecule has 0 radical (unpaired) electrons. The number of fused-ring (bicyclic) bond motifs is 15. The molecule has 24 N–H and O–H groups in total. The van der Waals surface area contributed by atoms with Crippen LogP contribution in [0.1, 0.15) is 110 Å². The molecule has 6 aromatic carbocycles. The predicted octanol–water partition coefficient (Wildman–Crippen LogP) is 2.24. The van der Waals surface area contributed by atoms with E-state index in [9.17, 15) is 75.7 Å². The molecule has 126 heavy (non-hydrogen) atoms. The summed E-state index contributed by atoms with van der Waals surface area (Å²) in [5.74, 6) is -16.2. The van der Waals surface area contributed by atoms with Crippen molar-refractivity contribution in [2.24, 2.45) is 17.4 Å². The number of thiophene rings is 1. The highest BCUT2D eigenvalue weighted by Crippen LogP contribution is 2.51. The molecule has 8 aliphatic heterocycles. The van der Waals surface area contributed by atoms with Gasteiger partial charge in [0.2, 0.25) is 53.4 Å². The number of hydrogen-bond acceptors (Lipinski definition) is 32. The van der Waals surface area contributed by atoms with E-state index in [1.165, 1.54) is 44.4 Å². The molecular weight excluding hydrogens is 1740 g/mol. The Hall–Kier alpha value is -10.4. The second-order valence-electron chi connectivity index (χ2n) is 31.7. The first-order valence-electron chi connectivity index (χ1n) is 39.6. The zero-order valence-electron chi connectivity index (χ0n) is 67.5. The second-order valence-corrected chi connectivity index (χ2v) is 34.1. The summed E-state index contributed by atoms with van der Waals surface area (Å²) >= 11 is 21.8. The Balaban J connectivity index is 0.959. The molecule has 43 heteroatoms. The van der Waals surface area contributed by atoms with E-state index in [4.69, 9.17) is 88.9 Å². The summed E-state index contributed by atoms with van der Waals surface area (Å²) in [7, 11) is 1.46. The average Bonchev–Trinajstić information content (AvgIpc) is 0.820. The van der Waals surface area contributed by atoms with Gasteiger partial charge < -0.3 is 158 Å². The van der Waals surface area contributed by atoms with Crippen LogP contribution in [0.2, 0.25) is 15.1 Å². The van der Waals surface area contributed by atoms with Crippen LogP contribution in [0.15, 0.2) is 115 Å². The average molecular weight is 1830 g/mol. The standard InChI is InChI=1S/C83H93Cl3N10O29S/c1-31(2)18-45(89-5)74(109)95-62-64(102)34-7-15-49(43(85)20-34)119-51-22-36-23-52(71(51)124-82-69(107)67(105)72(54(30-97)122-82)125-81-68(106)66(104)65(103)53(121-81)29-90-28-40-13-17-57(126-40)118-39-11-9-37(84)10-12-39)120-50-16-8-35(21-44(50)86)70(123-56-27-83(4,88)73(108)32(3)117-56)63-79(114)94-61(80(115)116)42-24-38(98)25-48(100)58(42)41-19-33(6-14-47(41)99)59(76(111)96-63)93-77(112)60(36)92-75(110)46(26-55(87)101)91-78(62)113/h6-17,19-25,31-32,45-46,53-54,56,59-70,72-73,81-82,89-90,97-100,102-108H,18,26-30,88H2,1-5H3,(H2,87,101)(H,91,113)(H,92,110)(H,93,112)(H,94,114)(H,95,109)(H,96,111)(H,115,116)/t32-,45+,46-,53+,54+,56-,59+,60+,61+,62+,63-,64+,65-,66-,67+,68+,69+,70+,72+,73-,81+,82?,83-/m0/s1. The van der Waals surface area contributed by atoms with Gasteiger partial charge in [0.15, 0.2) is 35.2 Å². The first-order valence-corrected chi connectivity index (χ1v) is 41.6. The number of rotatable bonds is 21. The fourth-order valence-electron chi connectivity index (χ4n) is 15.5. The number of benzene rings is 6. The fraction of sp³-hybridized carbons (Fsp3) is 0.422. The number of primary amides is 1. The number of aliphatic hydroxyl groups excluding tert-OH is 8. The van der Waals surface area contributed by atoms with Gasteiger partial charge in [-0.2, -0.15) is 0 Å². The molecule has 0 aliphatic carbocycles. The van der Waals surface area contributed by atoms with Crippen molar-refractivity contribution >= 4 is 93.5 Å². The number of phenols is 3. The number of aliphatic hydroxyl groups is 8. The Morgan fingerprint density at radius 2 is 1.29 bits per heavy atom. The highest BCUT2D eigenvalue weighted by atomic mass is 35.5. The van der Waals surface area contributed by atoms with Crippen molar-refractivity contribution in [2.75, 3.05) is 20.2 Å². The van der Waals surface area contributed by atoms with Crippen LogP contribution in [0.4, 0.5) is 0 Å². The number of carbonyl (C=O) groups is 8. The third-order valence-corrected chi connectivity index (χ3v) is 23.8. The number of phenolic OH excluding ortho intramolecular Hbond substituents is 3. The zero-order chi connectivity index (χ0) is 90.9. The predicted molar refractivity (Wildman–Crippen MR) is 442 cm³/mol. The van der Waals surface area contributed by atoms with E-state index in [1.54, 1.807) is 50.2 Å². The number of halogens is 3. The minimum atomic E-state index is -2.43. The first-order chi connectivity index (χ1) is 59.8. The molecule has 1 aromatic heterocycles. The minimum absolute atomic E-state index is 0.131. The Kier molecular flexibility index (Phi) is 28.9. The van der Waals surface area contributed by atoms with Crippen LogP contribution in [0.3, 0.4) is 0 Å². The van der Waals surface area contributed by atoms with E-state index in [2.05, 4.69) is 42.5 Å². The van der Waals surface area contributed by atoms with Crippen LogP contribution in [0, 0.1) is 5.92 Å². The molecule has 0 saturated carbocycles. The number of nitrogens with one attached hydrogen (secondary N) is 8. The molecule has 3 saturated heterocycles. The minimum Gasteiger partial charge on any atom is -0.508 e. The summed E-state index contributed by atoms with van der Waals surface area (Å²) in [6.45, 7) is 5.39. The topological polar surface area (TPSA) is 611 Å². The monoisotopic (exact) mass is 1830 g/mol. The largest absolute Gasteiger partial charge is 0.508 e. The number of amides is 7. The van der Waals surface area contributed by atoms with Gasteiger partial charge in [0.25, 0.3) is 0 Å². The first kappa shape index (κ1) is 93.3. The number of likely N-dealkylation sites (N-methyl/N-ethyl adjacent to an activating group) is 1. The smallest absolute Gasteiger partial charge is 0.330 e. The number of carbonyl (C=O) groups excluding carboxylic acids is 7. The summed E-state index contributed by atoms with van der Waals surface area (Å²) < 4.78 is 57.1. The van der Waals surface area contributed by atoms with Gasteiger partial charge >= 0.3 is 5.97 Å². The number of nitrogens with two attached hydrogens (primary N) is 2. The van der Waals surface area contributed by atoms with Gasteiger partial charge in [-0.25, -0.2) is 4.79 Å². The van der Waals surface area contributed by atoms with Gasteiger partial charge in [0.1, 0.15) is 126 Å². The van der Waals surface area contributed by atoms with Crippen molar-refractivity contribution < 1.29 is 142 Å². The van der Waals surface area contributed by atoms with E-state index in [-0.39, 0.29) is 43.0 Å². The molecule has 11 bridgehead atoms. The van der Waals surface area contributed by atoms with Crippen molar-refractivity contribution in [2.45, 2.75) is 193 Å². The lowest BCUT2D eigenvalue weighted by Gasteiger charge is -2.46. The number of carboxylic acid groups (broad SMARTS) is 1. The van der Waals surface area contributed by atoms with Crippen LogP contribution in [0.5, 0.6) is 56.8 Å². The van der Waals surface area contributed by atoms with Gasteiger partial charge in [0, 0.05) is 57.7 Å². The molecule has 9 heterocycles. The quantitative estimate of drug-likeness (QED) is 0.0490. The van der Waals surface area contributed by atoms with E-state index in [0.29, 0.717) is 15.8 Å². The lowest BCUT2D eigenvalue weighted by molar-refractivity contribution is -0.350. The molecule has 0 spiro atoms. The molecule has 1 unspecified atom stereocenters. The molecule has 7 aromatic rings. The van der Waals surface area contributed by atoms with Crippen molar-refractivity contribution in [3.63, 3.8) is 0 Å². The van der Waals surface area contributed by atoms with E-state index in [1.807, 2.05) is 0 Å². The number of hydrogen-bond donors (Lipinski definition) is 22. The van der Waals surface area contributed by atoms with E-state index >= 15 is 24.0 Å². The van der Waals surface area contributed by atoms with E-state index < -0.39 is 284 Å². The highest BCUT2D eigenvalue weighted by molar-refractivity contribution is 7.13. The third-order valence-electron chi connectivity index (χ3n) is 22.0. The van der Waals surface area contributed by atoms with E-state index in [0.717, 1.165) is 71.6 Å². The van der Waals surface area contributed by atoms with Crippen molar-refractivity contribution in [1.29, 1.82) is 0 Å². The maximum Gasteiger partial charge on any atom is 0.330 e. The van der Waals surface area contributed by atoms with Gasteiger partial charge in [-0.05, 0) is 146 Å². The Bertz CT molecular complexity index is 5250. The Morgan fingerprint density at radius 1 is 0.659 bits per heavy atom. The van der Waals surface area contributed by atoms with Crippen molar-refractivity contribution in [1.82, 2.24) is 42.5 Å². The number of carboxylic acids is 1. The lowest BCUT2D eigenvalue weighted by atomic mass is 9.86. The van der Waals surface area contributed by atoms with Crippen molar-refractivity contribution in [3.8, 4) is 67.9 Å². The van der Waals surface area contributed by atoms with Crippen LogP contribution in [-0.2, 0) is 68.6 Å². The molecule has 23 atom stereocenters. The fourth-order valence-corrected chi connectivity index (χ4v) is 16.9. The lowest BCUT2D eigenvalue weighted by Crippen LogP contribution is -2.65. The normalized spacial score (nSPS) is 29.6. The van der Waals surface area contributed by atoms with Gasteiger partial charge in [-0.3, -0.25) is 33.6 Å². The molecule has 8 aliphatic rings. The molecule has 3 fully saturated rings. The highest BCUT2D eigenvalue weighted by Gasteiger charge is 2.53. The molecular formula is C83H93Cl3N10O29S. The maximum absolute atomic E-state index is 16.4. The number of aliphatic carboxylic acids is 1. The SMILES string of the molecule is CN[C@H](CC(C)C)C(=O)N[C@H]1C(=O)N[C@@H](CC(N)=O)C(=O)N[C@H]2C(=O)N[C@H]3C(=O)N[C@H](C(=O)N[C@@H](C(=O)O)c4cc(O)cc(O)c4-c4cc3ccc4O)[C@H](O[C@H]3C[C@](C)(N)[C@@H](O)[C@H](C)O3)c3ccc(c(Cl)c3)Oc3cc2cc(c3OC2O[C@H](CO)[C@@H](O[C@H]3O[C@H](CNCc4ccc(Oc5ccc(Cl)cc5)s4)[C@H](O)[C@H](O)[C@H]3O)[C@H](O)[C@H]2O)Oc2ccc(cc2Cl)[C@H]1O. The van der Waals surface area contributed by atoms with Gasteiger partial charge in [0.05, 0.1) is 41.3 Å². The summed E-state index contributed by atoms with van der Waals surface area (Å²) in [6.07, 6.45) is -29.2. The summed E-state index contributed by atoms with van der Waals surface area (Å²) in [5, 5.41) is 160. The van der Waals surface area contributed by atoms with Gasteiger partial charge in [-0.15, -0.1) is 11.3 Å². The van der Waals surface area contributed by atoms with Crippen LogP contribution >= 0.6 is 46.1 Å². The van der Waals surface area contributed by atoms with Crippen LogP contribution in [0.25, 0.3) is 11.1 Å². The number of aromatic hydroxyl groups is 3. The number of ether oxygens (including phenoxy) is 9. The second kappa shape index (κ2) is 39.1. The Labute approximate surface area is 736 Å². The summed E-state index contributed by atoms with van der Waals surface area (Å²) in [6, 6.07) is 9.15. The molecule has 676 valence electrons. The molecule has 7 amide bonds. The van der Waals surface area contributed by atoms with Crippen molar-refractivity contribution in [3.05, 3.63) is 163 Å². The maximum atomic E-state index is 16.4. The van der Waals surface area contributed by atoms with Crippen LogP contribution < -0.4 is 72.9 Å². The summed E-state index contributed by atoms with van der Waals surface area (Å²) in [5.41, 5.74) is 7.98. The van der Waals surface area contributed by atoms with Crippen LogP contribution in [-0.4, -0.2) is 238 Å². The molecule has 15 rings (SSSR count). The zero-order valence-corrected chi connectivity index (χ0v) is 70.6.